The van der Waals surface area contributed by atoms with E-state index in [2.05, 4.69) is 4.98 Å². The van der Waals surface area contributed by atoms with Gasteiger partial charge < -0.3 is 9.47 Å². The second-order valence-electron chi connectivity index (χ2n) is 7.62. The summed E-state index contributed by atoms with van der Waals surface area (Å²) in [6, 6.07) is 16.7. The Bertz CT molecular complexity index is 1290. The van der Waals surface area contributed by atoms with Crippen molar-refractivity contribution in [1.29, 1.82) is 0 Å². The zero-order valence-electron chi connectivity index (χ0n) is 17.5. The highest BCUT2D eigenvalue weighted by Gasteiger charge is 2.38. The van der Waals surface area contributed by atoms with Crippen LogP contribution in [-0.4, -0.2) is 28.1 Å². The lowest BCUT2D eigenvalue weighted by Crippen LogP contribution is -2.50. The van der Waals surface area contributed by atoms with Crippen LogP contribution in [0.1, 0.15) is 18.2 Å². The minimum atomic E-state index is -0.815. The van der Waals surface area contributed by atoms with E-state index in [4.69, 9.17) is 26.1 Å². The van der Waals surface area contributed by atoms with Crippen LogP contribution in [0.5, 0.6) is 11.5 Å². The Morgan fingerprint density at radius 3 is 2.62 bits per heavy atom. The van der Waals surface area contributed by atoms with E-state index in [1.165, 1.54) is 11.3 Å². The van der Waals surface area contributed by atoms with Gasteiger partial charge in [-0.1, -0.05) is 41.1 Å². The summed E-state index contributed by atoms with van der Waals surface area (Å²) < 4.78 is 13.0. The van der Waals surface area contributed by atoms with Crippen LogP contribution in [0.2, 0.25) is 5.02 Å². The van der Waals surface area contributed by atoms with Crippen LogP contribution in [-0.2, 0) is 11.3 Å². The van der Waals surface area contributed by atoms with E-state index in [9.17, 15) is 4.79 Å². The van der Waals surface area contributed by atoms with Gasteiger partial charge in [0, 0.05) is 11.2 Å². The summed E-state index contributed by atoms with van der Waals surface area (Å²) in [5.41, 5.74) is 2.53. The fourth-order valence-electron chi connectivity index (χ4n) is 3.70. The molecule has 1 aliphatic rings. The van der Waals surface area contributed by atoms with E-state index in [0.717, 1.165) is 21.5 Å². The summed E-state index contributed by atoms with van der Waals surface area (Å²) in [5, 5.41) is 1.21. The van der Waals surface area contributed by atoms with Crippen LogP contribution in [0.3, 0.4) is 0 Å². The Hall–Kier alpha value is -3.16. The number of amides is 1. The van der Waals surface area contributed by atoms with E-state index >= 15 is 0 Å². The number of halogens is 1. The second-order valence-corrected chi connectivity index (χ2v) is 9.07. The van der Waals surface area contributed by atoms with E-state index < -0.39 is 12.2 Å². The number of rotatable bonds is 4. The third-order valence-corrected chi connectivity index (χ3v) is 6.51. The number of carbonyl (C=O) groups excluding carboxylic acids is 1. The topological polar surface area (TPSA) is 64.6 Å². The largest absolute Gasteiger partial charge is 0.482 e. The van der Waals surface area contributed by atoms with Crippen molar-refractivity contribution >= 4 is 44.2 Å². The molecule has 0 radical (unpaired) electrons. The summed E-state index contributed by atoms with van der Waals surface area (Å²) in [6.07, 6.45) is 0.429. The van der Waals surface area contributed by atoms with Gasteiger partial charge in [0.1, 0.15) is 6.10 Å². The van der Waals surface area contributed by atoms with Crippen LogP contribution in [0.4, 0.5) is 5.13 Å². The highest BCUT2D eigenvalue weighted by atomic mass is 35.5. The molecule has 32 heavy (non-hydrogen) atoms. The third-order valence-electron chi connectivity index (χ3n) is 5.27. The Morgan fingerprint density at radius 1 is 1.12 bits per heavy atom. The Kier molecular flexibility index (Phi) is 5.45. The monoisotopic (exact) mass is 465 g/mol. The van der Waals surface area contributed by atoms with Gasteiger partial charge in [0.25, 0.3) is 5.91 Å². The smallest absolute Gasteiger partial charge is 0.274 e. The maximum atomic E-state index is 13.8. The minimum Gasteiger partial charge on any atom is -0.482 e. The van der Waals surface area contributed by atoms with Crippen LogP contribution in [0, 0.1) is 6.92 Å². The Morgan fingerprint density at radius 2 is 1.88 bits per heavy atom. The first kappa shape index (κ1) is 20.7. The number of carbonyl (C=O) groups is 1. The second kappa shape index (κ2) is 8.41. The molecule has 1 amide bonds. The molecule has 0 saturated heterocycles. The Labute approximate surface area is 194 Å². The van der Waals surface area contributed by atoms with Gasteiger partial charge >= 0.3 is 0 Å². The first-order valence-electron chi connectivity index (χ1n) is 10.2. The van der Waals surface area contributed by atoms with Crippen LogP contribution in [0.15, 0.2) is 60.8 Å². The number of pyridine rings is 1. The van der Waals surface area contributed by atoms with Gasteiger partial charge in [-0.15, -0.1) is 0 Å². The molecule has 0 N–H and O–H groups in total. The van der Waals surface area contributed by atoms with Crippen molar-refractivity contribution in [3.8, 4) is 11.5 Å². The lowest BCUT2D eigenvalue weighted by atomic mass is 10.1. The molecule has 2 aromatic carbocycles. The molecule has 0 spiro atoms. The van der Waals surface area contributed by atoms with E-state index in [1.807, 2.05) is 62.4 Å². The number of anilines is 1. The normalized spacial score (nSPS) is 17.3. The molecule has 2 unspecified atom stereocenters. The van der Waals surface area contributed by atoms with Crippen molar-refractivity contribution < 1.29 is 14.3 Å². The highest BCUT2D eigenvalue weighted by molar-refractivity contribution is 7.22. The van der Waals surface area contributed by atoms with Gasteiger partial charge in [0.15, 0.2) is 16.6 Å². The predicted molar refractivity (Wildman–Crippen MR) is 126 cm³/mol. The molecule has 1 aliphatic heterocycles. The first-order valence-corrected chi connectivity index (χ1v) is 11.4. The summed E-state index contributed by atoms with van der Waals surface area (Å²) in [7, 11) is 0. The number of nitrogens with zero attached hydrogens (tertiary/aromatic N) is 3. The van der Waals surface area contributed by atoms with Gasteiger partial charge in [-0.05, 0) is 55.8 Å². The number of fused-ring (bicyclic) bond motifs is 2. The SMILES string of the molecule is Cc1cc(Cl)cc2sc(N(Cc3ccccn3)C(=O)C3Oc4ccccc4OC3C)nc12. The van der Waals surface area contributed by atoms with Gasteiger partial charge in [-0.2, -0.15) is 0 Å². The summed E-state index contributed by atoms with van der Waals surface area (Å²) in [5.74, 6) is 0.944. The molecule has 162 valence electrons. The molecule has 0 saturated carbocycles. The van der Waals surface area contributed by atoms with Gasteiger partial charge in [-0.25, -0.2) is 4.98 Å². The average Bonchev–Trinajstić information content (AvgIpc) is 3.21. The molecule has 5 rings (SSSR count). The molecular weight excluding hydrogens is 446 g/mol. The van der Waals surface area contributed by atoms with Crippen LogP contribution in [0.25, 0.3) is 10.2 Å². The molecule has 0 aliphatic carbocycles. The molecule has 2 atom stereocenters. The fourth-order valence-corrected chi connectivity index (χ4v) is 5.12. The first-order chi connectivity index (χ1) is 15.5. The number of benzene rings is 2. The zero-order valence-corrected chi connectivity index (χ0v) is 19.1. The van der Waals surface area contributed by atoms with Crippen molar-refractivity contribution in [3.63, 3.8) is 0 Å². The minimum absolute atomic E-state index is 0.236. The molecule has 3 heterocycles. The number of para-hydroxylation sites is 2. The molecule has 8 heteroatoms. The molecule has 2 aromatic heterocycles. The highest BCUT2D eigenvalue weighted by Crippen LogP contribution is 2.37. The van der Waals surface area contributed by atoms with Crippen molar-refractivity contribution in [1.82, 2.24) is 9.97 Å². The van der Waals surface area contributed by atoms with Crippen molar-refractivity contribution in [3.05, 3.63) is 77.1 Å². The number of aromatic nitrogens is 2. The lowest BCUT2D eigenvalue weighted by molar-refractivity contribution is -0.130. The molecule has 0 bridgehead atoms. The molecule has 0 fully saturated rings. The van der Waals surface area contributed by atoms with Crippen molar-refractivity contribution in [2.24, 2.45) is 0 Å². The van der Waals surface area contributed by atoms with Gasteiger partial charge in [-0.3, -0.25) is 14.7 Å². The third kappa shape index (κ3) is 3.89. The summed E-state index contributed by atoms with van der Waals surface area (Å²) in [4.78, 5) is 24.6. The fraction of sp³-hybridized carbons (Fsp3) is 0.208. The van der Waals surface area contributed by atoms with Gasteiger partial charge in [0.2, 0.25) is 6.10 Å². The maximum Gasteiger partial charge on any atom is 0.274 e. The molecule has 6 nitrogen and oxygen atoms in total. The van der Waals surface area contributed by atoms with E-state index in [-0.39, 0.29) is 12.5 Å². The van der Waals surface area contributed by atoms with Crippen molar-refractivity contribution in [2.75, 3.05) is 4.90 Å². The van der Waals surface area contributed by atoms with Gasteiger partial charge in [0.05, 0.1) is 22.5 Å². The molecule has 4 aromatic rings. The van der Waals surface area contributed by atoms with Crippen LogP contribution >= 0.6 is 22.9 Å². The summed E-state index contributed by atoms with van der Waals surface area (Å²) >= 11 is 7.66. The standard InChI is InChI=1S/C24H20ClN3O3S/c1-14-11-16(25)12-20-21(14)27-24(32-20)28(13-17-7-5-6-10-26-17)23(29)22-15(2)30-18-8-3-4-9-19(18)31-22/h3-12,15,22H,13H2,1-2H3. The van der Waals surface area contributed by atoms with E-state index in [0.29, 0.717) is 21.7 Å². The van der Waals surface area contributed by atoms with E-state index in [1.54, 1.807) is 17.2 Å². The summed E-state index contributed by atoms with van der Waals surface area (Å²) in [6.45, 7) is 4.06. The predicted octanol–water partition coefficient (Wildman–Crippen LogP) is 5.41. The number of thiazole rings is 1. The zero-order chi connectivity index (χ0) is 22.2. The number of hydrogen-bond donors (Lipinski definition) is 0. The number of aryl methyl sites for hydroxylation is 1. The average molecular weight is 466 g/mol. The maximum absolute atomic E-state index is 13.8. The van der Waals surface area contributed by atoms with Crippen molar-refractivity contribution in [2.45, 2.75) is 32.6 Å². The number of hydrogen-bond acceptors (Lipinski definition) is 6. The number of ether oxygens (including phenoxy) is 2. The Balaban J connectivity index is 1.54. The molecular formula is C24H20ClN3O3S. The quantitative estimate of drug-likeness (QED) is 0.403. The van der Waals surface area contributed by atoms with Crippen LogP contribution < -0.4 is 14.4 Å². The lowest BCUT2D eigenvalue weighted by Gasteiger charge is -2.33.